The molecule has 0 bridgehead atoms. The van der Waals surface area contributed by atoms with Crippen LogP contribution in [0.1, 0.15) is 83.8 Å². The number of morpholine rings is 1. The summed E-state index contributed by atoms with van der Waals surface area (Å²) in [6.07, 6.45) is 7.89. The molecule has 2 atom stereocenters. The van der Waals surface area contributed by atoms with Gasteiger partial charge in [0.25, 0.3) is 0 Å². The van der Waals surface area contributed by atoms with Gasteiger partial charge in [0.2, 0.25) is 0 Å². The first-order valence-electron chi connectivity index (χ1n) is 12.2. The lowest BCUT2D eigenvalue weighted by Crippen LogP contribution is -2.45. The maximum atomic E-state index is 11.1. The van der Waals surface area contributed by atoms with E-state index < -0.39 is 0 Å². The SMILES string of the molecule is CC1=CC[C@@H]2[C@@H](C1)c1c(O)cc(C(C)(C)CCCCN3CCOCC3)cc1OC2(C)C. The van der Waals surface area contributed by atoms with E-state index in [0.717, 1.165) is 63.4 Å². The van der Waals surface area contributed by atoms with Crippen LogP contribution in [0.4, 0.5) is 0 Å². The third-order valence-corrected chi connectivity index (χ3v) is 7.92. The van der Waals surface area contributed by atoms with Gasteiger partial charge in [0.05, 0.1) is 13.2 Å². The van der Waals surface area contributed by atoms with Crippen LogP contribution in [0.25, 0.3) is 0 Å². The molecule has 0 aromatic heterocycles. The zero-order valence-electron chi connectivity index (χ0n) is 20.2. The zero-order valence-corrected chi connectivity index (χ0v) is 20.2. The Morgan fingerprint density at radius 1 is 1.16 bits per heavy atom. The summed E-state index contributed by atoms with van der Waals surface area (Å²) in [5, 5.41) is 11.1. The Bertz CT molecular complexity index is 820. The van der Waals surface area contributed by atoms with Gasteiger partial charge in [-0.3, -0.25) is 4.90 Å². The van der Waals surface area contributed by atoms with Crippen LogP contribution >= 0.6 is 0 Å². The summed E-state index contributed by atoms with van der Waals surface area (Å²) in [4.78, 5) is 2.51. The van der Waals surface area contributed by atoms with Crippen molar-refractivity contribution in [2.45, 2.75) is 83.7 Å². The standard InChI is InChI=1S/C27H41NO3/c1-19-8-9-22-21(16-19)25-23(29)17-20(18-24(25)31-27(22,4)5)26(2,3)10-6-7-11-28-12-14-30-15-13-28/h8,17-18,21-22,29H,6-7,9-16H2,1-5H3/t21-,22-/m1/s1. The highest BCUT2D eigenvalue weighted by Crippen LogP contribution is 2.54. The maximum absolute atomic E-state index is 11.1. The summed E-state index contributed by atoms with van der Waals surface area (Å²) in [5.41, 5.74) is 3.43. The van der Waals surface area contributed by atoms with E-state index in [-0.39, 0.29) is 11.0 Å². The van der Waals surface area contributed by atoms with Crippen molar-refractivity contribution >= 4 is 0 Å². The van der Waals surface area contributed by atoms with Crippen molar-refractivity contribution in [3.8, 4) is 11.5 Å². The predicted molar refractivity (Wildman–Crippen MR) is 126 cm³/mol. The van der Waals surface area contributed by atoms with Crippen LogP contribution in [0, 0.1) is 5.92 Å². The normalized spacial score (nSPS) is 25.9. The minimum atomic E-state index is -0.220. The molecule has 1 aliphatic carbocycles. The molecule has 4 nitrogen and oxygen atoms in total. The fourth-order valence-electron chi connectivity index (χ4n) is 5.83. The van der Waals surface area contributed by atoms with Gasteiger partial charge in [0, 0.05) is 30.5 Å². The molecule has 0 unspecified atom stereocenters. The second-order valence-electron chi connectivity index (χ2n) is 11.1. The molecule has 0 spiro atoms. The van der Waals surface area contributed by atoms with E-state index in [1.54, 1.807) is 0 Å². The minimum Gasteiger partial charge on any atom is -0.508 e. The molecule has 0 saturated carbocycles. The summed E-state index contributed by atoms with van der Waals surface area (Å²) in [5.74, 6) is 2.08. The summed E-state index contributed by atoms with van der Waals surface area (Å²) >= 11 is 0. The summed E-state index contributed by atoms with van der Waals surface area (Å²) < 4.78 is 12.0. The van der Waals surface area contributed by atoms with E-state index in [9.17, 15) is 5.11 Å². The fraction of sp³-hybridized carbons (Fsp3) is 0.704. The van der Waals surface area contributed by atoms with Gasteiger partial charge < -0.3 is 14.6 Å². The molecule has 2 aliphatic heterocycles. The second kappa shape index (κ2) is 8.78. The van der Waals surface area contributed by atoms with Gasteiger partial charge in [0.1, 0.15) is 17.1 Å². The number of phenolic OH excluding ortho intramolecular Hbond substituents is 1. The van der Waals surface area contributed by atoms with E-state index in [2.05, 4.69) is 51.7 Å². The van der Waals surface area contributed by atoms with Gasteiger partial charge in [-0.25, -0.2) is 0 Å². The predicted octanol–water partition coefficient (Wildman–Crippen LogP) is 5.78. The smallest absolute Gasteiger partial charge is 0.127 e. The van der Waals surface area contributed by atoms with Crippen molar-refractivity contribution in [3.63, 3.8) is 0 Å². The third-order valence-electron chi connectivity index (χ3n) is 7.92. The van der Waals surface area contributed by atoms with Crippen LogP contribution in [-0.4, -0.2) is 48.5 Å². The molecule has 4 heteroatoms. The van der Waals surface area contributed by atoms with Gasteiger partial charge in [-0.2, -0.15) is 0 Å². The Labute approximate surface area is 188 Å². The largest absolute Gasteiger partial charge is 0.508 e. The lowest BCUT2D eigenvalue weighted by atomic mass is 9.66. The van der Waals surface area contributed by atoms with Crippen LogP contribution in [-0.2, 0) is 10.2 Å². The quantitative estimate of drug-likeness (QED) is 0.461. The number of aromatic hydroxyl groups is 1. The third kappa shape index (κ3) is 4.80. The van der Waals surface area contributed by atoms with Gasteiger partial charge >= 0.3 is 0 Å². The molecule has 0 radical (unpaired) electrons. The van der Waals surface area contributed by atoms with E-state index in [1.807, 2.05) is 6.07 Å². The first kappa shape index (κ1) is 22.7. The molecule has 0 amide bonds. The van der Waals surface area contributed by atoms with Crippen LogP contribution in [0.5, 0.6) is 11.5 Å². The molecule has 2 heterocycles. The Morgan fingerprint density at radius 3 is 2.65 bits per heavy atom. The first-order chi connectivity index (χ1) is 14.7. The van der Waals surface area contributed by atoms with Crippen molar-refractivity contribution in [3.05, 3.63) is 34.9 Å². The Kier molecular flexibility index (Phi) is 6.42. The monoisotopic (exact) mass is 427 g/mol. The van der Waals surface area contributed by atoms with E-state index in [0.29, 0.717) is 17.6 Å². The van der Waals surface area contributed by atoms with Crippen molar-refractivity contribution in [1.29, 1.82) is 0 Å². The van der Waals surface area contributed by atoms with Crippen molar-refractivity contribution in [2.24, 2.45) is 5.92 Å². The average molecular weight is 428 g/mol. The minimum absolute atomic E-state index is 0.00422. The molecule has 4 rings (SSSR count). The maximum Gasteiger partial charge on any atom is 0.127 e. The van der Waals surface area contributed by atoms with Crippen LogP contribution in [0.3, 0.4) is 0 Å². The highest BCUT2D eigenvalue weighted by atomic mass is 16.5. The van der Waals surface area contributed by atoms with Crippen LogP contribution in [0.15, 0.2) is 23.8 Å². The molecular formula is C27H41NO3. The Balaban J connectivity index is 1.48. The number of rotatable bonds is 6. The van der Waals surface area contributed by atoms with E-state index in [4.69, 9.17) is 9.47 Å². The highest BCUT2D eigenvalue weighted by Gasteiger charge is 2.46. The number of hydrogen-bond acceptors (Lipinski definition) is 4. The number of benzene rings is 1. The van der Waals surface area contributed by atoms with Gasteiger partial charge in [-0.05, 0) is 76.1 Å². The highest BCUT2D eigenvalue weighted by molar-refractivity contribution is 5.54. The number of phenols is 1. The Hall–Kier alpha value is -1.52. The molecule has 172 valence electrons. The number of nitrogens with zero attached hydrogens (tertiary/aromatic N) is 1. The van der Waals surface area contributed by atoms with Crippen molar-refractivity contribution in [2.75, 3.05) is 32.8 Å². The average Bonchev–Trinajstić information content (AvgIpc) is 2.71. The van der Waals surface area contributed by atoms with Crippen molar-refractivity contribution in [1.82, 2.24) is 4.90 Å². The number of ether oxygens (including phenoxy) is 2. The molecular weight excluding hydrogens is 386 g/mol. The molecule has 1 aromatic carbocycles. The molecule has 1 N–H and O–H groups in total. The molecule has 31 heavy (non-hydrogen) atoms. The summed E-state index contributed by atoms with van der Waals surface area (Å²) in [7, 11) is 0. The first-order valence-corrected chi connectivity index (χ1v) is 12.2. The number of fused-ring (bicyclic) bond motifs is 3. The number of hydrogen-bond donors (Lipinski definition) is 1. The van der Waals surface area contributed by atoms with Crippen LogP contribution < -0.4 is 4.74 Å². The van der Waals surface area contributed by atoms with Gasteiger partial charge in [0.15, 0.2) is 0 Å². The van der Waals surface area contributed by atoms with Gasteiger partial charge in [-0.15, -0.1) is 0 Å². The second-order valence-corrected chi connectivity index (χ2v) is 11.1. The lowest BCUT2D eigenvalue weighted by molar-refractivity contribution is 0.00741. The lowest BCUT2D eigenvalue weighted by Gasteiger charge is -2.47. The van der Waals surface area contributed by atoms with Gasteiger partial charge in [-0.1, -0.05) is 31.9 Å². The summed E-state index contributed by atoms with van der Waals surface area (Å²) in [6.45, 7) is 16.2. The van der Waals surface area contributed by atoms with Crippen LogP contribution in [0.2, 0.25) is 0 Å². The molecule has 3 aliphatic rings. The zero-order chi connectivity index (χ0) is 22.2. The fourth-order valence-corrected chi connectivity index (χ4v) is 5.83. The summed E-state index contributed by atoms with van der Waals surface area (Å²) in [6, 6.07) is 4.25. The van der Waals surface area contributed by atoms with Crippen molar-refractivity contribution < 1.29 is 14.6 Å². The number of allylic oxidation sites excluding steroid dienone is 2. The molecule has 1 fully saturated rings. The Morgan fingerprint density at radius 2 is 1.90 bits per heavy atom. The molecule has 1 aromatic rings. The van der Waals surface area contributed by atoms with E-state index >= 15 is 0 Å². The number of unbranched alkanes of at least 4 members (excludes halogenated alkanes) is 1. The topological polar surface area (TPSA) is 41.9 Å². The molecule has 1 saturated heterocycles. The van der Waals surface area contributed by atoms with E-state index in [1.165, 1.54) is 24.0 Å².